The number of benzene rings is 1. The second kappa shape index (κ2) is 7.86. The zero-order valence-electron chi connectivity index (χ0n) is 16.5. The summed E-state index contributed by atoms with van der Waals surface area (Å²) in [6, 6.07) is 7.99. The van der Waals surface area contributed by atoms with Crippen molar-refractivity contribution in [1.82, 2.24) is 15.2 Å². The van der Waals surface area contributed by atoms with E-state index in [1.807, 2.05) is 18.2 Å². The molecule has 1 saturated heterocycles. The molecule has 9 heteroatoms. The molecule has 0 aliphatic carbocycles. The minimum absolute atomic E-state index is 0.363. The first kappa shape index (κ1) is 21.4. The summed E-state index contributed by atoms with van der Waals surface area (Å²) in [5.41, 5.74) is 1.07. The van der Waals surface area contributed by atoms with E-state index in [9.17, 15) is 18.4 Å². The van der Waals surface area contributed by atoms with Gasteiger partial charge in [-0.3, -0.25) is 0 Å². The SMILES string of the molecule is [CH3][Sn]([CH3])([CH3])[c]1ccc2c(C(=O)NCC(=O)N3CC(F)(F)C[C@H]3C#N)ccnc2c1. The molecule has 0 bridgehead atoms. The van der Waals surface area contributed by atoms with Crippen LogP contribution in [-0.2, 0) is 4.79 Å². The number of nitrogens with one attached hydrogen (secondary N) is 1. The second-order valence-electron chi connectivity index (χ2n) is 8.25. The number of fused-ring (bicyclic) bond motifs is 1. The Morgan fingerprint density at radius 2 is 2.07 bits per heavy atom. The van der Waals surface area contributed by atoms with Gasteiger partial charge in [0, 0.05) is 0 Å². The molecule has 29 heavy (non-hydrogen) atoms. The molecular weight excluding hydrogens is 485 g/mol. The van der Waals surface area contributed by atoms with Gasteiger partial charge in [0.1, 0.15) is 0 Å². The molecule has 2 amide bonds. The van der Waals surface area contributed by atoms with E-state index in [4.69, 9.17) is 5.26 Å². The summed E-state index contributed by atoms with van der Waals surface area (Å²) in [5.74, 6) is -4.28. The third-order valence-electron chi connectivity index (χ3n) is 4.99. The van der Waals surface area contributed by atoms with Crippen molar-refractivity contribution in [3.8, 4) is 6.07 Å². The molecule has 1 fully saturated rings. The molecule has 152 valence electrons. The third kappa shape index (κ3) is 4.66. The molecule has 6 nitrogen and oxygen atoms in total. The number of amides is 2. The number of nitriles is 1. The van der Waals surface area contributed by atoms with Crippen molar-refractivity contribution in [2.24, 2.45) is 0 Å². The van der Waals surface area contributed by atoms with Crippen LogP contribution in [0.5, 0.6) is 0 Å². The molecule has 1 aliphatic heterocycles. The van der Waals surface area contributed by atoms with Gasteiger partial charge in [0.25, 0.3) is 0 Å². The van der Waals surface area contributed by atoms with Gasteiger partial charge in [-0.1, -0.05) is 0 Å². The average molecular weight is 507 g/mol. The van der Waals surface area contributed by atoms with E-state index < -0.39 is 61.7 Å². The molecule has 3 rings (SSSR count). The number of carbonyl (C=O) groups excluding carboxylic acids is 2. The minimum atomic E-state index is -3.09. The fourth-order valence-corrected chi connectivity index (χ4v) is 6.65. The van der Waals surface area contributed by atoms with Gasteiger partial charge in [0.05, 0.1) is 0 Å². The van der Waals surface area contributed by atoms with Crippen LogP contribution in [0.2, 0.25) is 14.8 Å². The molecule has 0 saturated carbocycles. The van der Waals surface area contributed by atoms with Crippen molar-refractivity contribution >= 4 is 44.7 Å². The number of aromatic nitrogens is 1. The van der Waals surface area contributed by atoms with E-state index in [2.05, 4.69) is 25.1 Å². The number of hydrogen-bond donors (Lipinski definition) is 1. The molecule has 2 aromatic rings. The van der Waals surface area contributed by atoms with E-state index in [0.717, 1.165) is 4.90 Å². The fraction of sp³-hybridized carbons (Fsp3) is 0.400. The number of hydrogen-bond acceptors (Lipinski definition) is 4. The summed E-state index contributed by atoms with van der Waals surface area (Å²) in [6.45, 7) is -1.26. The van der Waals surface area contributed by atoms with Crippen LogP contribution in [0.25, 0.3) is 10.9 Å². The van der Waals surface area contributed by atoms with Crippen molar-refractivity contribution in [2.45, 2.75) is 33.2 Å². The standard InChI is InChI=1S/C17H13F2N4O2.3CH3.Sn/c18-17(19)7-11(8-20)23(10-17)15(24)9-22-16(25)13-5-6-21-14-4-2-1-3-12(13)14;;;;/h1,3-6,11H,7,9-10H2,(H,22,25);3*1H3;/t11-;;;;/m0..../s1. The summed E-state index contributed by atoms with van der Waals surface area (Å²) >= 11 is -2.29. The van der Waals surface area contributed by atoms with Crippen molar-refractivity contribution in [3.63, 3.8) is 0 Å². The van der Waals surface area contributed by atoms with Crippen LogP contribution in [0.4, 0.5) is 8.78 Å². The average Bonchev–Trinajstić information content (AvgIpc) is 2.99. The predicted molar refractivity (Wildman–Crippen MR) is 108 cm³/mol. The second-order valence-corrected chi connectivity index (χ2v) is 22.7. The Morgan fingerprint density at radius 3 is 2.72 bits per heavy atom. The van der Waals surface area contributed by atoms with E-state index >= 15 is 0 Å². The Morgan fingerprint density at radius 1 is 1.34 bits per heavy atom. The molecule has 0 radical (unpaired) electrons. The monoisotopic (exact) mass is 508 g/mol. The van der Waals surface area contributed by atoms with Crippen LogP contribution in [0.3, 0.4) is 0 Å². The van der Waals surface area contributed by atoms with Crippen molar-refractivity contribution < 1.29 is 18.4 Å². The van der Waals surface area contributed by atoms with Gasteiger partial charge in [0.15, 0.2) is 0 Å². The topological polar surface area (TPSA) is 86.1 Å². The summed E-state index contributed by atoms with van der Waals surface area (Å²) < 4.78 is 28.3. The molecule has 1 N–H and O–H groups in total. The number of pyridine rings is 1. The van der Waals surface area contributed by atoms with Gasteiger partial charge in [-0.25, -0.2) is 8.78 Å². The van der Waals surface area contributed by atoms with Gasteiger partial charge in [0.2, 0.25) is 0 Å². The Balaban J connectivity index is 1.75. The van der Waals surface area contributed by atoms with Crippen LogP contribution in [0, 0.1) is 11.3 Å². The summed E-state index contributed by atoms with van der Waals surface area (Å²) in [6.07, 6.45) is 0.854. The molecule has 0 spiro atoms. The van der Waals surface area contributed by atoms with Gasteiger partial charge in [-0.2, -0.15) is 5.26 Å². The van der Waals surface area contributed by atoms with Crippen molar-refractivity contribution in [3.05, 3.63) is 36.0 Å². The quantitative estimate of drug-likeness (QED) is 0.644. The molecular formula is C20H22F2N4O2Sn. The van der Waals surface area contributed by atoms with Gasteiger partial charge in [-0.05, 0) is 0 Å². The molecule has 2 heterocycles. The molecule has 1 aliphatic rings. The fourth-order valence-electron chi connectivity index (χ4n) is 3.36. The van der Waals surface area contributed by atoms with E-state index in [-0.39, 0.29) is 0 Å². The Labute approximate surface area is 171 Å². The zero-order valence-corrected chi connectivity index (χ0v) is 19.4. The predicted octanol–water partition coefficient (Wildman–Crippen LogP) is 2.27. The Bertz CT molecular complexity index is 1010. The van der Waals surface area contributed by atoms with E-state index in [0.29, 0.717) is 16.5 Å². The number of rotatable bonds is 4. The van der Waals surface area contributed by atoms with E-state index in [1.54, 1.807) is 12.1 Å². The number of alkyl halides is 2. The van der Waals surface area contributed by atoms with E-state index in [1.165, 1.54) is 9.78 Å². The summed E-state index contributed by atoms with van der Waals surface area (Å²) in [7, 11) is 0. The van der Waals surface area contributed by atoms with Crippen LogP contribution < -0.4 is 8.90 Å². The number of halogens is 2. The van der Waals surface area contributed by atoms with Crippen molar-refractivity contribution in [1.29, 1.82) is 5.26 Å². The Hall–Kier alpha value is -2.28. The Kier molecular flexibility index (Phi) is 5.81. The van der Waals surface area contributed by atoms with Crippen LogP contribution in [0.15, 0.2) is 30.5 Å². The normalized spacial score (nSPS) is 18.5. The maximum absolute atomic E-state index is 13.5. The molecule has 0 unspecified atom stereocenters. The summed E-state index contributed by atoms with van der Waals surface area (Å²) in [5, 5.41) is 12.2. The van der Waals surface area contributed by atoms with Gasteiger partial charge in [-0.15, -0.1) is 0 Å². The van der Waals surface area contributed by atoms with Crippen LogP contribution >= 0.6 is 0 Å². The van der Waals surface area contributed by atoms with Gasteiger partial charge >= 0.3 is 158 Å². The van der Waals surface area contributed by atoms with Gasteiger partial charge < -0.3 is 0 Å². The molecule has 1 aromatic heterocycles. The summed E-state index contributed by atoms with van der Waals surface area (Å²) in [4.78, 5) is 36.9. The number of carbonyl (C=O) groups is 2. The number of nitrogens with zero attached hydrogens (tertiary/aromatic N) is 3. The maximum atomic E-state index is 13.5. The first-order valence-electron chi connectivity index (χ1n) is 9.26. The zero-order chi connectivity index (χ0) is 21.4. The first-order chi connectivity index (χ1) is 13.5. The molecule has 1 atom stereocenters. The third-order valence-corrected chi connectivity index (χ3v) is 10.8. The number of likely N-dealkylation sites (tertiary alicyclic amines) is 1. The first-order valence-corrected chi connectivity index (χ1v) is 19.3. The van der Waals surface area contributed by atoms with Crippen LogP contribution in [0.1, 0.15) is 16.8 Å². The molecule has 1 aromatic carbocycles. The van der Waals surface area contributed by atoms with Crippen LogP contribution in [-0.4, -0.2) is 65.1 Å². The van der Waals surface area contributed by atoms with Crippen molar-refractivity contribution in [2.75, 3.05) is 13.1 Å².